The van der Waals surface area contributed by atoms with Crippen molar-refractivity contribution in [3.8, 4) is 17.0 Å². The van der Waals surface area contributed by atoms with Crippen LogP contribution in [0, 0.1) is 24.6 Å². The summed E-state index contributed by atoms with van der Waals surface area (Å²) in [6, 6.07) is 10.9. The fourth-order valence-corrected chi connectivity index (χ4v) is 7.30. The number of aryl methyl sites for hydroxylation is 1. The number of thiazole rings is 1. The minimum absolute atomic E-state index is 0.0247. The second-order valence-electron chi connectivity index (χ2n) is 10.5. The van der Waals surface area contributed by atoms with E-state index in [1.54, 1.807) is 6.07 Å². The number of piperidine rings is 1. The number of carboxylic acid groups (broad SMARTS) is 1. The second kappa shape index (κ2) is 12.2. The van der Waals surface area contributed by atoms with Gasteiger partial charge >= 0.3 is 5.97 Å². The first-order valence-corrected chi connectivity index (χ1v) is 15.7. The van der Waals surface area contributed by atoms with Gasteiger partial charge in [-0.15, -0.1) is 11.3 Å². The van der Waals surface area contributed by atoms with E-state index in [1.165, 1.54) is 29.0 Å². The van der Waals surface area contributed by atoms with Crippen molar-refractivity contribution in [2.75, 3.05) is 42.6 Å². The molecule has 1 aromatic heterocycles. The monoisotopic (exact) mass is 571 g/mol. The number of carboxylic acids is 1. The van der Waals surface area contributed by atoms with Gasteiger partial charge < -0.3 is 19.3 Å². The third-order valence-corrected chi connectivity index (χ3v) is 9.85. The van der Waals surface area contributed by atoms with Gasteiger partial charge in [0.15, 0.2) is 5.13 Å². The van der Waals surface area contributed by atoms with E-state index in [9.17, 15) is 18.8 Å². The lowest BCUT2D eigenvalue weighted by molar-refractivity contribution is -0.144. The van der Waals surface area contributed by atoms with Crippen LogP contribution in [0.1, 0.15) is 30.0 Å². The Morgan fingerprint density at radius 3 is 2.74 bits per heavy atom. The summed E-state index contributed by atoms with van der Waals surface area (Å²) in [6.07, 6.45) is 0.580. The smallest absolute Gasteiger partial charge is 0.306 e. The third kappa shape index (κ3) is 6.74. The third-order valence-electron chi connectivity index (χ3n) is 7.67. The highest BCUT2D eigenvalue weighted by Crippen LogP contribution is 2.36. The molecule has 1 N–H and O–H groups in total. The first-order chi connectivity index (χ1) is 18.8. The maximum Gasteiger partial charge on any atom is 0.306 e. The number of benzene rings is 2. The summed E-state index contributed by atoms with van der Waals surface area (Å²) in [5.74, 6) is 0.645. The topological polar surface area (TPSA) is 89.0 Å². The molecular weight excluding hydrogens is 537 g/mol. The number of rotatable bonds is 8. The van der Waals surface area contributed by atoms with Gasteiger partial charge in [-0.1, -0.05) is 36.3 Å². The summed E-state index contributed by atoms with van der Waals surface area (Å²) in [7, 11) is 0. The molecule has 7 nitrogen and oxygen atoms in total. The number of halogens is 1. The Balaban J connectivity index is 1.26. The number of hydrogen-bond donors (Lipinski definition) is 1. The maximum atomic E-state index is 14.3. The number of anilines is 1. The van der Waals surface area contributed by atoms with Crippen molar-refractivity contribution in [3.63, 3.8) is 0 Å². The average Bonchev–Trinajstić information content (AvgIpc) is 3.40. The predicted octanol–water partition coefficient (Wildman–Crippen LogP) is 4.95. The van der Waals surface area contributed by atoms with E-state index in [2.05, 4.69) is 34.9 Å². The largest absolute Gasteiger partial charge is 0.616 e. The van der Waals surface area contributed by atoms with E-state index in [0.717, 1.165) is 47.4 Å². The van der Waals surface area contributed by atoms with E-state index < -0.39 is 17.1 Å². The van der Waals surface area contributed by atoms with Crippen molar-refractivity contribution < 1.29 is 23.6 Å². The van der Waals surface area contributed by atoms with E-state index in [0.29, 0.717) is 43.1 Å². The number of aliphatic carboxylic acids is 1. The standard InChI is InChI=1S/C29H34FN3O4S2/c1-19-13-21(16-32-9-11-39(36)12-10-32)3-4-22(19)17-37-27-6-5-23(30)14-25(27)26-18-38-29(31-26)33-8-7-24(28(34)35)20(2)15-33/h3-6,13-14,18,20,24H,7-12,15-17H2,1-2H3,(H,34,35). The van der Waals surface area contributed by atoms with Gasteiger partial charge in [-0.3, -0.25) is 9.69 Å². The van der Waals surface area contributed by atoms with Crippen molar-refractivity contribution in [3.05, 3.63) is 64.3 Å². The van der Waals surface area contributed by atoms with Gasteiger partial charge in [0.2, 0.25) is 0 Å². The van der Waals surface area contributed by atoms with Gasteiger partial charge in [-0.25, -0.2) is 9.37 Å². The molecule has 0 radical (unpaired) electrons. The van der Waals surface area contributed by atoms with Crippen molar-refractivity contribution in [2.45, 2.75) is 33.4 Å². The lowest BCUT2D eigenvalue weighted by Crippen LogP contribution is -2.42. The van der Waals surface area contributed by atoms with Crippen LogP contribution in [0.15, 0.2) is 41.8 Å². The number of nitrogens with zero attached hydrogens (tertiary/aromatic N) is 3. The summed E-state index contributed by atoms with van der Waals surface area (Å²) < 4.78 is 32.1. The Kier molecular flexibility index (Phi) is 8.76. The maximum absolute atomic E-state index is 14.3. The Bertz CT molecular complexity index is 1310. The van der Waals surface area contributed by atoms with Crippen LogP contribution in [0.2, 0.25) is 0 Å². The van der Waals surface area contributed by atoms with Crippen molar-refractivity contribution >= 4 is 33.6 Å². The SMILES string of the molecule is Cc1cc(CN2CC[S+]([O-])CC2)ccc1COc1ccc(F)cc1-c1csc(N2CCC(C(=O)O)C(C)C2)n1. The molecule has 2 aliphatic rings. The number of carbonyl (C=O) groups is 1. The zero-order chi connectivity index (χ0) is 27.5. The summed E-state index contributed by atoms with van der Waals surface area (Å²) in [6.45, 7) is 8.22. The van der Waals surface area contributed by atoms with Crippen LogP contribution in [0.5, 0.6) is 5.75 Å². The first kappa shape index (κ1) is 27.9. The molecule has 208 valence electrons. The minimum Gasteiger partial charge on any atom is -0.616 e. The molecule has 3 aromatic rings. The van der Waals surface area contributed by atoms with E-state index >= 15 is 0 Å². The Morgan fingerprint density at radius 1 is 1.23 bits per heavy atom. The molecule has 2 aromatic carbocycles. The van der Waals surface area contributed by atoms with E-state index in [-0.39, 0.29) is 17.7 Å². The molecule has 10 heteroatoms. The van der Waals surface area contributed by atoms with Gasteiger partial charge in [0.1, 0.15) is 29.7 Å². The van der Waals surface area contributed by atoms with Gasteiger partial charge in [0.05, 0.1) is 11.6 Å². The molecule has 3 heterocycles. The minimum atomic E-state index is -0.741. The molecule has 0 aliphatic carbocycles. The van der Waals surface area contributed by atoms with Gasteiger partial charge in [-0.05, 0) is 54.2 Å². The molecule has 39 heavy (non-hydrogen) atoms. The quantitative estimate of drug-likeness (QED) is 0.383. The number of ether oxygens (including phenoxy) is 1. The van der Waals surface area contributed by atoms with Gasteiger partial charge in [0, 0.05) is 43.7 Å². The van der Waals surface area contributed by atoms with Crippen LogP contribution in [-0.4, -0.2) is 63.2 Å². The van der Waals surface area contributed by atoms with Crippen LogP contribution < -0.4 is 9.64 Å². The molecule has 2 unspecified atom stereocenters. The zero-order valence-corrected chi connectivity index (χ0v) is 23.9. The molecule has 0 amide bonds. The molecule has 2 aliphatic heterocycles. The number of aromatic nitrogens is 1. The fraction of sp³-hybridized carbons (Fsp3) is 0.448. The van der Waals surface area contributed by atoms with E-state index in [4.69, 9.17) is 9.72 Å². The summed E-state index contributed by atoms with van der Waals surface area (Å²) in [5, 5.41) is 12.1. The van der Waals surface area contributed by atoms with Crippen LogP contribution in [-0.2, 0) is 29.1 Å². The first-order valence-electron chi connectivity index (χ1n) is 13.3. The van der Waals surface area contributed by atoms with Crippen LogP contribution in [0.25, 0.3) is 11.3 Å². The summed E-state index contributed by atoms with van der Waals surface area (Å²) in [5.41, 5.74) is 4.66. The highest BCUT2D eigenvalue weighted by atomic mass is 32.2. The molecule has 2 saturated heterocycles. The molecule has 2 fully saturated rings. The van der Waals surface area contributed by atoms with Crippen LogP contribution >= 0.6 is 11.3 Å². The Labute approximate surface area is 235 Å². The molecule has 0 spiro atoms. The molecule has 0 saturated carbocycles. The zero-order valence-electron chi connectivity index (χ0n) is 22.3. The van der Waals surface area contributed by atoms with Crippen LogP contribution in [0.4, 0.5) is 9.52 Å². The average molecular weight is 572 g/mol. The fourth-order valence-electron chi connectivity index (χ4n) is 5.31. The Morgan fingerprint density at radius 2 is 2.03 bits per heavy atom. The second-order valence-corrected chi connectivity index (χ2v) is 13.0. The van der Waals surface area contributed by atoms with Crippen molar-refractivity contribution in [2.24, 2.45) is 11.8 Å². The van der Waals surface area contributed by atoms with E-state index in [1.807, 2.05) is 12.3 Å². The normalized spacial score (nSPS) is 20.8. The van der Waals surface area contributed by atoms with Crippen LogP contribution in [0.3, 0.4) is 0 Å². The molecule has 2 atom stereocenters. The molecule has 5 rings (SSSR count). The predicted molar refractivity (Wildman–Crippen MR) is 153 cm³/mol. The highest BCUT2D eigenvalue weighted by Gasteiger charge is 2.32. The molecule has 0 bridgehead atoms. The van der Waals surface area contributed by atoms with Crippen molar-refractivity contribution in [1.29, 1.82) is 0 Å². The van der Waals surface area contributed by atoms with Gasteiger partial charge in [0.25, 0.3) is 0 Å². The summed E-state index contributed by atoms with van der Waals surface area (Å²) in [4.78, 5) is 20.7. The van der Waals surface area contributed by atoms with Gasteiger partial charge in [-0.2, -0.15) is 0 Å². The highest BCUT2D eigenvalue weighted by molar-refractivity contribution is 7.91. The number of hydrogen-bond acceptors (Lipinski definition) is 7. The Hall–Kier alpha value is -2.66. The van der Waals surface area contributed by atoms with Crippen molar-refractivity contribution in [1.82, 2.24) is 9.88 Å². The summed E-state index contributed by atoms with van der Waals surface area (Å²) >= 11 is 0.801. The lowest BCUT2D eigenvalue weighted by Gasteiger charge is -2.34. The lowest BCUT2D eigenvalue weighted by atomic mass is 9.87. The molecular formula is C29H34FN3O4S2.